The number of hydrogen-bond donors (Lipinski definition) is 1. The normalized spacial score (nSPS) is 12.3. The molecule has 0 amide bonds. The van der Waals surface area contributed by atoms with Gasteiger partial charge in [0.2, 0.25) is 0 Å². The minimum absolute atomic E-state index is 0.0227. The molecule has 1 heterocycles. The molecule has 1 atom stereocenters. The van der Waals surface area contributed by atoms with Gasteiger partial charge in [0, 0.05) is 5.56 Å². The number of benzene rings is 1. The predicted molar refractivity (Wildman–Crippen MR) is 80.6 cm³/mol. The summed E-state index contributed by atoms with van der Waals surface area (Å²) in [6, 6.07) is 3.04. The second-order valence-electron chi connectivity index (χ2n) is 4.86. The number of nitrogens with one attached hydrogen (secondary N) is 1. The minimum Gasteiger partial charge on any atom is -0.363 e. The van der Waals surface area contributed by atoms with E-state index in [9.17, 15) is 18.0 Å². The van der Waals surface area contributed by atoms with E-state index < -0.39 is 23.8 Å². The lowest BCUT2D eigenvalue weighted by molar-refractivity contribution is 0.112. The third-order valence-corrected chi connectivity index (χ3v) is 3.53. The van der Waals surface area contributed by atoms with Crippen molar-refractivity contribution in [3.05, 3.63) is 51.7 Å². The van der Waals surface area contributed by atoms with Crippen LogP contribution in [0.1, 0.15) is 46.7 Å². The molecule has 8 heteroatoms. The van der Waals surface area contributed by atoms with E-state index in [0.29, 0.717) is 12.1 Å². The molecule has 23 heavy (non-hydrogen) atoms. The number of nitrogens with zero attached hydrogens (tertiary/aromatic N) is 2. The van der Waals surface area contributed by atoms with Crippen molar-refractivity contribution < 1.29 is 18.0 Å². The molecule has 2 aromatic rings. The number of hydrogen-bond acceptors (Lipinski definition) is 4. The van der Waals surface area contributed by atoms with Gasteiger partial charge in [0.15, 0.2) is 6.29 Å². The number of carbonyl (C=O) groups excluding carboxylic acids is 1. The Morgan fingerprint density at radius 1 is 1.26 bits per heavy atom. The Morgan fingerprint density at radius 3 is 2.52 bits per heavy atom. The standard InChI is InChI=1S/C15H13ClF3N3O/c1-7(9-4-3-5-10(12(9)17)14(18)19)20-15-11(6-23)13(16)21-8(2)22-15/h3-7,14H,1-2H3,(H,20,21,22)/t7-/m1/s1. The number of aromatic nitrogens is 2. The molecular weight excluding hydrogens is 331 g/mol. The summed E-state index contributed by atoms with van der Waals surface area (Å²) in [5, 5.41) is 2.78. The quantitative estimate of drug-likeness (QED) is 0.641. The van der Waals surface area contributed by atoms with E-state index in [1.165, 1.54) is 12.1 Å². The van der Waals surface area contributed by atoms with Crippen LogP contribution in [0.5, 0.6) is 0 Å². The highest BCUT2D eigenvalue weighted by atomic mass is 35.5. The van der Waals surface area contributed by atoms with Crippen LogP contribution < -0.4 is 5.32 Å². The second kappa shape index (κ2) is 6.95. The molecule has 0 aliphatic carbocycles. The molecule has 122 valence electrons. The molecule has 0 radical (unpaired) electrons. The number of aldehydes is 1. The first-order valence-electron chi connectivity index (χ1n) is 6.67. The third-order valence-electron chi connectivity index (χ3n) is 3.24. The monoisotopic (exact) mass is 343 g/mol. The van der Waals surface area contributed by atoms with E-state index in [0.717, 1.165) is 6.07 Å². The van der Waals surface area contributed by atoms with E-state index >= 15 is 0 Å². The molecular formula is C15H13ClF3N3O. The Kier molecular flexibility index (Phi) is 5.20. The van der Waals surface area contributed by atoms with Crippen molar-refractivity contribution in [3.63, 3.8) is 0 Å². The lowest BCUT2D eigenvalue weighted by atomic mass is 10.0. The van der Waals surface area contributed by atoms with Crippen molar-refractivity contribution in [2.75, 3.05) is 5.32 Å². The molecule has 1 aromatic carbocycles. The highest BCUT2D eigenvalue weighted by Gasteiger charge is 2.21. The largest absolute Gasteiger partial charge is 0.363 e. The average molecular weight is 344 g/mol. The number of anilines is 1. The summed E-state index contributed by atoms with van der Waals surface area (Å²) < 4.78 is 39.7. The summed E-state index contributed by atoms with van der Waals surface area (Å²) in [7, 11) is 0. The molecule has 0 aliphatic rings. The summed E-state index contributed by atoms with van der Waals surface area (Å²) in [5.41, 5.74) is -0.620. The lowest BCUT2D eigenvalue weighted by Gasteiger charge is -2.18. The fourth-order valence-corrected chi connectivity index (χ4v) is 2.37. The lowest BCUT2D eigenvalue weighted by Crippen LogP contribution is -2.14. The summed E-state index contributed by atoms with van der Waals surface area (Å²) in [6.45, 7) is 3.14. The van der Waals surface area contributed by atoms with E-state index in [-0.39, 0.29) is 22.1 Å². The van der Waals surface area contributed by atoms with Crippen molar-refractivity contribution in [2.45, 2.75) is 26.3 Å². The Morgan fingerprint density at radius 2 is 1.91 bits per heavy atom. The van der Waals surface area contributed by atoms with Gasteiger partial charge in [-0.3, -0.25) is 4.79 Å². The number of carbonyl (C=O) groups is 1. The van der Waals surface area contributed by atoms with E-state index in [1.807, 2.05) is 0 Å². The molecule has 1 aromatic heterocycles. The van der Waals surface area contributed by atoms with Gasteiger partial charge < -0.3 is 5.32 Å². The zero-order chi connectivity index (χ0) is 17.1. The molecule has 1 N–H and O–H groups in total. The van der Waals surface area contributed by atoms with Crippen molar-refractivity contribution >= 4 is 23.7 Å². The highest BCUT2D eigenvalue weighted by molar-refractivity contribution is 6.32. The fourth-order valence-electron chi connectivity index (χ4n) is 2.12. The van der Waals surface area contributed by atoms with Gasteiger partial charge in [-0.25, -0.2) is 23.1 Å². The minimum atomic E-state index is -2.91. The predicted octanol–water partition coefficient (Wildman–Crippen LogP) is 4.50. The maximum atomic E-state index is 14.2. The molecule has 2 rings (SSSR count). The van der Waals surface area contributed by atoms with Crippen LogP contribution in [0.4, 0.5) is 19.0 Å². The Labute approximate surface area is 135 Å². The summed E-state index contributed by atoms with van der Waals surface area (Å²) >= 11 is 5.87. The summed E-state index contributed by atoms with van der Waals surface area (Å²) in [4.78, 5) is 19.0. The zero-order valence-corrected chi connectivity index (χ0v) is 13.0. The number of rotatable bonds is 5. The van der Waals surface area contributed by atoms with Gasteiger partial charge in [0.1, 0.15) is 22.6 Å². The van der Waals surface area contributed by atoms with Crippen molar-refractivity contribution in [3.8, 4) is 0 Å². The number of alkyl halides is 2. The topological polar surface area (TPSA) is 54.9 Å². The average Bonchev–Trinajstić information content (AvgIpc) is 2.46. The van der Waals surface area contributed by atoms with Crippen LogP contribution in [0, 0.1) is 12.7 Å². The summed E-state index contributed by atoms with van der Waals surface area (Å²) in [5.74, 6) is -0.559. The van der Waals surface area contributed by atoms with Gasteiger partial charge >= 0.3 is 0 Å². The van der Waals surface area contributed by atoms with Crippen molar-refractivity contribution in [2.24, 2.45) is 0 Å². The Balaban J connectivity index is 2.39. The van der Waals surface area contributed by atoms with Crippen molar-refractivity contribution in [1.82, 2.24) is 9.97 Å². The molecule has 0 spiro atoms. The Hall–Kier alpha value is -2.15. The smallest absolute Gasteiger partial charge is 0.266 e. The van der Waals surface area contributed by atoms with E-state index in [4.69, 9.17) is 11.6 Å². The number of halogens is 4. The van der Waals surface area contributed by atoms with Gasteiger partial charge in [-0.15, -0.1) is 0 Å². The molecule has 0 bridgehead atoms. The molecule has 0 unspecified atom stereocenters. The second-order valence-corrected chi connectivity index (χ2v) is 5.22. The van der Waals surface area contributed by atoms with Gasteiger partial charge in [0.25, 0.3) is 6.43 Å². The van der Waals surface area contributed by atoms with Gasteiger partial charge in [-0.1, -0.05) is 29.8 Å². The summed E-state index contributed by atoms with van der Waals surface area (Å²) in [6.07, 6.45) is -2.44. The maximum absolute atomic E-state index is 14.2. The molecule has 4 nitrogen and oxygen atoms in total. The van der Waals surface area contributed by atoms with Gasteiger partial charge in [0.05, 0.1) is 17.2 Å². The van der Waals surface area contributed by atoms with Crippen molar-refractivity contribution in [1.29, 1.82) is 0 Å². The van der Waals surface area contributed by atoms with Crippen LogP contribution in [0.2, 0.25) is 5.15 Å². The maximum Gasteiger partial charge on any atom is 0.266 e. The third kappa shape index (κ3) is 3.61. The number of aryl methyl sites for hydroxylation is 1. The van der Waals surface area contributed by atoms with Crippen LogP contribution in [-0.2, 0) is 0 Å². The van der Waals surface area contributed by atoms with Gasteiger partial charge in [-0.05, 0) is 13.8 Å². The molecule has 0 aliphatic heterocycles. The molecule has 0 saturated carbocycles. The van der Waals surface area contributed by atoms with Crippen LogP contribution in [0.3, 0.4) is 0 Å². The van der Waals surface area contributed by atoms with Crippen LogP contribution in [0.25, 0.3) is 0 Å². The van der Waals surface area contributed by atoms with E-state index in [2.05, 4.69) is 15.3 Å². The van der Waals surface area contributed by atoms with Crippen LogP contribution in [0.15, 0.2) is 18.2 Å². The fraction of sp³-hybridized carbons (Fsp3) is 0.267. The highest BCUT2D eigenvalue weighted by Crippen LogP contribution is 2.29. The van der Waals surface area contributed by atoms with Crippen LogP contribution in [-0.4, -0.2) is 16.3 Å². The first kappa shape index (κ1) is 17.2. The van der Waals surface area contributed by atoms with Gasteiger partial charge in [-0.2, -0.15) is 0 Å². The molecule has 0 fully saturated rings. The van der Waals surface area contributed by atoms with E-state index in [1.54, 1.807) is 13.8 Å². The van der Waals surface area contributed by atoms with Crippen LogP contribution >= 0.6 is 11.6 Å². The SMILES string of the molecule is Cc1nc(Cl)c(C=O)c(N[C@H](C)c2cccc(C(F)F)c2F)n1. The zero-order valence-electron chi connectivity index (χ0n) is 12.3. The first-order valence-corrected chi connectivity index (χ1v) is 7.05. The molecule has 0 saturated heterocycles. The first-order chi connectivity index (χ1) is 10.8. The Bertz CT molecular complexity index is 740.